The summed E-state index contributed by atoms with van der Waals surface area (Å²) in [4.78, 5) is 12.5. The molecule has 7 nitrogen and oxygen atoms in total. The predicted octanol–water partition coefficient (Wildman–Crippen LogP) is 0.209. The van der Waals surface area contributed by atoms with Gasteiger partial charge in [-0.15, -0.1) is 0 Å². The van der Waals surface area contributed by atoms with Crippen molar-refractivity contribution in [2.45, 2.75) is 30.2 Å². The summed E-state index contributed by atoms with van der Waals surface area (Å²) in [6, 6.07) is 3.99. The predicted molar refractivity (Wildman–Crippen MR) is 90.4 cm³/mol. The van der Waals surface area contributed by atoms with Crippen LogP contribution in [-0.2, 0) is 14.8 Å². The van der Waals surface area contributed by atoms with E-state index in [1.165, 1.54) is 16.4 Å². The lowest BCUT2D eigenvalue weighted by molar-refractivity contribution is -0.124. The zero-order valence-corrected chi connectivity index (χ0v) is 14.7. The summed E-state index contributed by atoms with van der Waals surface area (Å²) in [6.45, 7) is 2.55. The Morgan fingerprint density at radius 1 is 1.24 bits per heavy atom. The van der Waals surface area contributed by atoms with E-state index in [4.69, 9.17) is 0 Å². The molecule has 1 amide bonds. The number of nitrogens with zero attached hydrogens (tertiary/aromatic N) is 1. The molecule has 3 rings (SSSR count). The second kappa shape index (κ2) is 7.77. The second-order valence-corrected chi connectivity index (χ2v) is 8.33. The first kappa shape index (κ1) is 18.2. The molecule has 138 valence electrons. The van der Waals surface area contributed by atoms with Crippen LogP contribution in [0.1, 0.15) is 19.3 Å². The van der Waals surface area contributed by atoms with Crippen molar-refractivity contribution in [1.29, 1.82) is 0 Å². The minimum atomic E-state index is -3.80. The number of benzene rings is 1. The molecule has 0 aliphatic carbocycles. The molecule has 1 aromatic carbocycles. The van der Waals surface area contributed by atoms with Gasteiger partial charge < -0.3 is 5.32 Å². The van der Waals surface area contributed by atoms with Crippen LogP contribution in [0.2, 0.25) is 0 Å². The summed E-state index contributed by atoms with van der Waals surface area (Å²) < 4.78 is 39.8. The Morgan fingerprint density at radius 3 is 2.60 bits per heavy atom. The molecule has 9 heteroatoms. The van der Waals surface area contributed by atoms with E-state index in [0.717, 1.165) is 31.6 Å². The standard InChI is InChI=1S/C16H23FN4O3S/c17-13-3-5-14(6-4-13)25(23,24)21-9-1-2-15(21)16(22)18-8-7-12-10-19-20-11-12/h3-6,12,15,19-20H,1-2,7-11H2,(H,18,22). The van der Waals surface area contributed by atoms with Crippen LogP contribution in [0.4, 0.5) is 4.39 Å². The smallest absolute Gasteiger partial charge is 0.243 e. The van der Waals surface area contributed by atoms with E-state index >= 15 is 0 Å². The number of hydrogen-bond donors (Lipinski definition) is 3. The molecule has 2 aliphatic heterocycles. The molecule has 0 spiro atoms. The molecule has 1 aromatic rings. The Kier molecular flexibility index (Phi) is 5.67. The molecule has 2 saturated heterocycles. The SMILES string of the molecule is O=C(NCCC1CNNC1)C1CCCN1S(=O)(=O)c1ccc(F)cc1. The summed E-state index contributed by atoms with van der Waals surface area (Å²) in [5, 5.41) is 2.85. The molecule has 3 N–H and O–H groups in total. The van der Waals surface area contributed by atoms with Gasteiger partial charge >= 0.3 is 0 Å². The quantitative estimate of drug-likeness (QED) is 0.666. The van der Waals surface area contributed by atoms with Crippen LogP contribution in [0.15, 0.2) is 29.2 Å². The highest BCUT2D eigenvalue weighted by Gasteiger charge is 2.39. The Morgan fingerprint density at radius 2 is 1.92 bits per heavy atom. The lowest BCUT2D eigenvalue weighted by Gasteiger charge is -2.23. The van der Waals surface area contributed by atoms with Crippen LogP contribution in [0.25, 0.3) is 0 Å². The minimum absolute atomic E-state index is 0.0108. The third-order valence-electron chi connectivity index (χ3n) is 4.68. The number of carbonyl (C=O) groups is 1. The molecule has 2 heterocycles. The lowest BCUT2D eigenvalue weighted by Crippen LogP contribution is -2.46. The number of nitrogens with one attached hydrogen (secondary N) is 3. The molecular formula is C16H23FN4O3S. The van der Waals surface area contributed by atoms with Crippen LogP contribution >= 0.6 is 0 Å². The van der Waals surface area contributed by atoms with E-state index in [2.05, 4.69) is 16.2 Å². The maximum Gasteiger partial charge on any atom is 0.243 e. The van der Waals surface area contributed by atoms with E-state index < -0.39 is 21.9 Å². The number of hydrogen-bond acceptors (Lipinski definition) is 5. The average molecular weight is 370 g/mol. The van der Waals surface area contributed by atoms with Crippen molar-refractivity contribution in [2.24, 2.45) is 5.92 Å². The first-order valence-corrected chi connectivity index (χ1v) is 9.93. The summed E-state index contributed by atoms with van der Waals surface area (Å²) in [5.74, 6) is -0.296. The van der Waals surface area contributed by atoms with Crippen LogP contribution in [0.3, 0.4) is 0 Å². The van der Waals surface area contributed by atoms with E-state index in [0.29, 0.717) is 31.8 Å². The average Bonchev–Trinajstić information content (AvgIpc) is 3.27. The van der Waals surface area contributed by atoms with Crippen molar-refractivity contribution < 1.29 is 17.6 Å². The Labute approximate surface area is 147 Å². The van der Waals surface area contributed by atoms with E-state index in [-0.39, 0.29) is 10.8 Å². The highest BCUT2D eigenvalue weighted by molar-refractivity contribution is 7.89. The topological polar surface area (TPSA) is 90.5 Å². The van der Waals surface area contributed by atoms with E-state index in [1.807, 2.05) is 0 Å². The van der Waals surface area contributed by atoms with Gasteiger partial charge in [-0.3, -0.25) is 15.6 Å². The van der Waals surface area contributed by atoms with Crippen LogP contribution < -0.4 is 16.2 Å². The van der Waals surface area contributed by atoms with Crippen molar-refractivity contribution >= 4 is 15.9 Å². The van der Waals surface area contributed by atoms with Gasteiger partial charge in [0.05, 0.1) is 4.90 Å². The van der Waals surface area contributed by atoms with E-state index in [1.54, 1.807) is 0 Å². The van der Waals surface area contributed by atoms with E-state index in [9.17, 15) is 17.6 Å². The molecule has 2 aliphatic rings. The Hall–Kier alpha value is -1.55. The summed E-state index contributed by atoms with van der Waals surface area (Å²) >= 11 is 0. The van der Waals surface area contributed by atoms with Crippen molar-refractivity contribution in [3.63, 3.8) is 0 Å². The number of sulfonamides is 1. The van der Waals surface area contributed by atoms with Crippen LogP contribution in [0, 0.1) is 11.7 Å². The van der Waals surface area contributed by atoms with Gasteiger partial charge in [0.1, 0.15) is 11.9 Å². The zero-order valence-electron chi connectivity index (χ0n) is 13.9. The maximum absolute atomic E-state index is 13.0. The summed E-state index contributed by atoms with van der Waals surface area (Å²) in [7, 11) is -3.80. The number of rotatable bonds is 6. The largest absolute Gasteiger partial charge is 0.355 e. The number of hydrazine groups is 1. The maximum atomic E-state index is 13.0. The first-order chi connectivity index (χ1) is 12.0. The molecule has 1 unspecified atom stereocenters. The third-order valence-corrected chi connectivity index (χ3v) is 6.61. The molecular weight excluding hydrogens is 347 g/mol. The fourth-order valence-electron chi connectivity index (χ4n) is 3.26. The minimum Gasteiger partial charge on any atom is -0.355 e. The third kappa shape index (κ3) is 4.17. The van der Waals surface area contributed by atoms with Crippen molar-refractivity contribution in [3.8, 4) is 0 Å². The van der Waals surface area contributed by atoms with Crippen molar-refractivity contribution in [3.05, 3.63) is 30.1 Å². The molecule has 0 aromatic heterocycles. The molecule has 0 bridgehead atoms. The van der Waals surface area contributed by atoms with Gasteiger partial charge in [-0.25, -0.2) is 12.8 Å². The summed E-state index contributed by atoms with van der Waals surface area (Å²) in [5.41, 5.74) is 6.08. The van der Waals surface area contributed by atoms with Crippen LogP contribution in [-0.4, -0.2) is 50.9 Å². The van der Waals surface area contributed by atoms with Crippen LogP contribution in [0.5, 0.6) is 0 Å². The molecule has 25 heavy (non-hydrogen) atoms. The highest BCUT2D eigenvalue weighted by Crippen LogP contribution is 2.26. The molecule has 0 saturated carbocycles. The lowest BCUT2D eigenvalue weighted by atomic mass is 10.1. The molecule has 2 fully saturated rings. The van der Waals surface area contributed by atoms with Gasteiger partial charge in [-0.05, 0) is 49.4 Å². The van der Waals surface area contributed by atoms with Gasteiger partial charge in [-0.2, -0.15) is 4.31 Å². The summed E-state index contributed by atoms with van der Waals surface area (Å²) in [6.07, 6.45) is 1.97. The Bertz CT molecular complexity index is 705. The molecule has 0 radical (unpaired) electrons. The highest BCUT2D eigenvalue weighted by atomic mass is 32.2. The fraction of sp³-hybridized carbons (Fsp3) is 0.562. The number of amides is 1. The van der Waals surface area contributed by atoms with Gasteiger partial charge in [0, 0.05) is 26.2 Å². The zero-order chi connectivity index (χ0) is 17.9. The van der Waals surface area contributed by atoms with Gasteiger partial charge in [0.25, 0.3) is 0 Å². The van der Waals surface area contributed by atoms with Gasteiger partial charge in [-0.1, -0.05) is 0 Å². The molecule has 1 atom stereocenters. The number of carbonyl (C=O) groups excluding carboxylic acids is 1. The normalized spacial score (nSPS) is 22.4. The number of halogens is 1. The monoisotopic (exact) mass is 370 g/mol. The fourth-order valence-corrected chi connectivity index (χ4v) is 4.91. The second-order valence-electron chi connectivity index (χ2n) is 6.44. The van der Waals surface area contributed by atoms with Gasteiger partial charge in [0.15, 0.2) is 0 Å². The van der Waals surface area contributed by atoms with Crippen molar-refractivity contribution in [1.82, 2.24) is 20.5 Å². The van der Waals surface area contributed by atoms with Gasteiger partial charge in [0.2, 0.25) is 15.9 Å². The Balaban J connectivity index is 1.62. The first-order valence-electron chi connectivity index (χ1n) is 8.49. The van der Waals surface area contributed by atoms with Crippen molar-refractivity contribution in [2.75, 3.05) is 26.2 Å².